The van der Waals surface area contributed by atoms with Crippen LogP contribution in [0.15, 0.2) is 58.5 Å². The smallest absolute Gasteiger partial charge is 0.124 e. The van der Waals surface area contributed by atoms with E-state index in [1.807, 2.05) is 12.1 Å². The van der Waals surface area contributed by atoms with Crippen molar-refractivity contribution >= 4 is 12.4 Å². The topological polar surface area (TPSA) is 65.2 Å². The Hall–Kier alpha value is -1.96. The molecule has 4 nitrogen and oxygen atoms in total. The van der Waals surface area contributed by atoms with Crippen molar-refractivity contribution in [1.82, 2.24) is 0 Å². The number of hydrogen-bond acceptors (Lipinski definition) is 4. The average Bonchev–Trinajstić information content (AvgIpc) is 2.46. The Morgan fingerprint density at radius 3 is 1.48 bits per heavy atom. The van der Waals surface area contributed by atoms with Gasteiger partial charge in [-0.2, -0.15) is 0 Å². The van der Waals surface area contributed by atoms with Crippen molar-refractivity contribution in [2.45, 2.75) is 0 Å². The molecular formula is C16H16N2O2Pd. The van der Waals surface area contributed by atoms with Gasteiger partial charge < -0.3 is 10.2 Å². The van der Waals surface area contributed by atoms with Gasteiger partial charge in [0.25, 0.3) is 0 Å². The number of para-hydroxylation sites is 2. The number of hydrogen-bond donors (Lipinski definition) is 2. The van der Waals surface area contributed by atoms with Gasteiger partial charge in [0.1, 0.15) is 11.5 Å². The van der Waals surface area contributed by atoms with Gasteiger partial charge in [-0.3, -0.25) is 9.98 Å². The van der Waals surface area contributed by atoms with E-state index in [0.29, 0.717) is 24.2 Å². The Morgan fingerprint density at radius 2 is 1.10 bits per heavy atom. The van der Waals surface area contributed by atoms with Gasteiger partial charge in [0.05, 0.1) is 13.1 Å². The first-order chi connectivity index (χ1) is 9.77. The summed E-state index contributed by atoms with van der Waals surface area (Å²) in [6.07, 6.45) is 3.26. The van der Waals surface area contributed by atoms with E-state index >= 15 is 0 Å². The predicted octanol–water partition coefficient (Wildman–Crippen LogP) is 2.63. The van der Waals surface area contributed by atoms with Gasteiger partial charge in [-0.05, 0) is 24.3 Å². The Kier molecular flexibility index (Phi) is 7.38. The van der Waals surface area contributed by atoms with Gasteiger partial charge >= 0.3 is 0 Å². The molecule has 0 spiro atoms. The number of aromatic hydroxyl groups is 2. The third-order valence-corrected chi connectivity index (χ3v) is 2.69. The SMILES string of the molecule is Oc1ccccc1C=NCCN=Cc1ccccc1O.[Pd]. The van der Waals surface area contributed by atoms with E-state index in [4.69, 9.17) is 0 Å². The van der Waals surface area contributed by atoms with Gasteiger partial charge in [-0.15, -0.1) is 0 Å². The molecule has 5 heteroatoms. The molecule has 2 aromatic rings. The van der Waals surface area contributed by atoms with E-state index in [-0.39, 0.29) is 31.9 Å². The van der Waals surface area contributed by atoms with Gasteiger partial charge in [-0.25, -0.2) is 0 Å². The fourth-order valence-corrected chi connectivity index (χ4v) is 1.63. The minimum atomic E-state index is 0. The maximum absolute atomic E-state index is 9.54. The molecule has 2 aromatic carbocycles. The number of rotatable bonds is 5. The number of phenols is 2. The van der Waals surface area contributed by atoms with E-state index in [9.17, 15) is 10.2 Å². The van der Waals surface area contributed by atoms with Crippen LogP contribution in [-0.2, 0) is 20.4 Å². The summed E-state index contributed by atoms with van der Waals surface area (Å²) in [5, 5.41) is 19.1. The summed E-state index contributed by atoms with van der Waals surface area (Å²) in [5.41, 5.74) is 1.38. The van der Waals surface area contributed by atoms with Crippen molar-refractivity contribution < 1.29 is 30.6 Å². The summed E-state index contributed by atoms with van der Waals surface area (Å²) in [6.45, 7) is 1.05. The number of nitrogens with zero attached hydrogens (tertiary/aromatic N) is 2. The second-order valence-corrected chi connectivity index (χ2v) is 4.19. The Labute approximate surface area is 137 Å². The molecule has 0 saturated heterocycles. The summed E-state index contributed by atoms with van der Waals surface area (Å²) in [7, 11) is 0. The van der Waals surface area contributed by atoms with Crippen molar-refractivity contribution in [3.05, 3.63) is 59.7 Å². The van der Waals surface area contributed by atoms with Crippen molar-refractivity contribution in [2.24, 2.45) is 9.98 Å². The molecule has 0 unspecified atom stereocenters. The average molecular weight is 375 g/mol. The van der Waals surface area contributed by atoms with Crippen molar-refractivity contribution in [3.8, 4) is 11.5 Å². The Bertz CT molecular complexity index is 572. The molecule has 112 valence electrons. The van der Waals surface area contributed by atoms with E-state index in [2.05, 4.69) is 9.98 Å². The molecule has 0 bridgehead atoms. The minimum Gasteiger partial charge on any atom is -0.507 e. The molecule has 0 aliphatic rings. The largest absolute Gasteiger partial charge is 0.507 e. The zero-order chi connectivity index (χ0) is 14.2. The van der Waals surface area contributed by atoms with Crippen LogP contribution in [0.5, 0.6) is 11.5 Å². The van der Waals surface area contributed by atoms with Crippen molar-refractivity contribution in [2.75, 3.05) is 13.1 Å². The van der Waals surface area contributed by atoms with Crippen LogP contribution in [0.25, 0.3) is 0 Å². The van der Waals surface area contributed by atoms with Crippen LogP contribution in [-0.4, -0.2) is 35.7 Å². The molecule has 21 heavy (non-hydrogen) atoms. The third-order valence-electron chi connectivity index (χ3n) is 2.69. The Morgan fingerprint density at radius 1 is 0.714 bits per heavy atom. The fourth-order valence-electron chi connectivity index (χ4n) is 1.63. The summed E-state index contributed by atoms with van der Waals surface area (Å²) in [6, 6.07) is 14.1. The quantitative estimate of drug-likeness (QED) is 0.480. The van der Waals surface area contributed by atoms with Crippen LogP contribution in [0.4, 0.5) is 0 Å². The molecule has 2 rings (SSSR count). The van der Waals surface area contributed by atoms with Crippen molar-refractivity contribution in [1.29, 1.82) is 0 Å². The molecule has 0 saturated carbocycles. The second kappa shape index (κ2) is 9.07. The first-order valence-electron chi connectivity index (χ1n) is 6.33. The predicted molar refractivity (Wildman–Crippen MR) is 81.1 cm³/mol. The summed E-state index contributed by atoms with van der Waals surface area (Å²) in [5.74, 6) is 0.433. The first kappa shape index (κ1) is 17.1. The van der Waals surface area contributed by atoms with Gasteiger partial charge in [0.2, 0.25) is 0 Å². The van der Waals surface area contributed by atoms with Gasteiger partial charge in [0, 0.05) is 44.0 Å². The van der Waals surface area contributed by atoms with Gasteiger partial charge in [0.15, 0.2) is 0 Å². The van der Waals surface area contributed by atoms with Crippen LogP contribution in [0, 0.1) is 0 Å². The zero-order valence-electron chi connectivity index (χ0n) is 11.3. The number of aliphatic imine (C=N–C) groups is 2. The van der Waals surface area contributed by atoms with Crippen LogP contribution < -0.4 is 0 Å². The molecule has 0 aromatic heterocycles. The van der Waals surface area contributed by atoms with E-state index in [0.717, 1.165) is 0 Å². The van der Waals surface area contributed by atoms with E-state index in [1.54, 1.807) is 48.8 Å². The molecule has 2 N–H and O–H groups in total. The second-order valence-electron chi connectivity index (χ2n) is 4.19. The first-order valence-corrected chi connectivity index (χ1v) is 6.33. The molecule has 0 amide bonds. The number of benzene rings is 2. The fraction of sp³-hybridized carbons (Fsp3) is 0.125. The maximum atomic E-state index is 9.54. The number of phenolic OH excluding ortho intramolecular Hbond substituents is 2. The molecular weight excluding hydrogens is 359 g/mol. The van der Waals surface area contributed by atoms with Crippen LogP contribution in [0.3, 0.4) is 0 Å². The summed E-state index contributed by atoms with van der Waals surface area (Å²) < 4.78 is 0. The van der Waals surface area contributed by atoms with E-state index in [1.165, 1.54) is 0 Å². The zero-order valence-corrected chi connectivity index (χ0v) is 12.8. The third kappa shape index (κ3) is 5.51. The summed E-state index contributed by atoms with van der Waals surface area (Å²) in [4.78, 5) is 8.39. The molecule has 0 atom stereocenters. The molecule has 0 fully saturated rings. The molecule has 0 radical (unpaired) electrons. The van der Waals surface area contributed by atoms with Crippen LogP contribution in [0.2, 0.25) is 0 Å². The molecule has 0 heterocycles. The minimum absolute atomic E-state index is 0. The molecule has 0 aliphatic carbocycles. The molecule has 0 aliphatic heterocycles. The summed E-state index contributed by atoms with van der Waals surface area (Å²) >= 11 is 0. The standard InChI is InChI=1S/C16H16N2O2.Pd/c19-15-7-3-1-5-13(15)11-17-9-10-18-12-14-6-2-4-8-16(14)20;/h1-8,11-12,19-20H,9-10H2;. The normalized spacial score (nSPS) is 10.9. The van der Waals surface area contributed by atoms with Gasteiger partial charge in [-0.1, -0.05) is 24.3 Å². The maximum Gasteiger partial charge on any atom is 0.124 e. The van der Waals surface area contributed by atoms with E-state index < -0.39 is 0 Å². The monoisotopic (exact) mass is 374 g/mol. The Balaban J connectivity index is 0.00000220. The van der Waals surface area contributed by atoms with Crippen molar-refractivity contribution in [3.63, 3.8) is 0 Å². The van der Waals surface area contributed by atoms with Crippen LogP contribution >= 0.6 is 0 Å². The van der Waals surface area contributed by atoms with Crippen LogP contribution in [0.1, 0.15) is 11.1 Å².